The maximum Gasteiger partial charge on any atom is 0.167 e. The molecule has 2 N–H and O–H groups in total. The maximum absolute atomic E-state index is 13.2. The molecule has 16 heavy (non-hydrogen) atoms. The summed E-state index contributed by atoms with van der Waals surface area (Å²) in [5.41, 5.74) is 5.68. The standard InChI is InChI=1S/C10H14FNO3S/c1-16(13,14)6-2-5-15-10-4-3-8(12)7-9(10)11/h3-4,7H,2,5-6,12H2,1H3. The summed E-state index contributed by atoms with van der Waals surface area (Å²) in [5.74, 6) is -0.425. The lowest BCUT2D eigenvalue weighted by molar-refractivity contribution is 0.302. The molecule has 0 aliphatic rings. The number of ether oxygens (including phenoxy) is 1. The smallest absolute Gasteiger partial charge is 0.167 e. The summed E-state index contributed by atoms with van der Waals surface area (Å²) < 4.78 is 39.9. The Morgan fingerprint density at radius 3 is 2.69 bits per heavy atom. The van der Waals surface area contributed by atoms with Gasteiger partial charge in [-0.25, -0.2) is 12.8 Å². The molecule has 0 heterocycles. The lowest BCUT2D eigenvalue weighted by atomic mass is 10.3. The zero-order valence-electron chi connectivity index (χ0n) is 8.94. The monoisotopic (exact) mass is 247 g/mol. The molecule has 0 bridgehead atoms. The average Bonchev–Trinajstić information content (AvgIpc) is 2.13. The fraction of sp³-hybridized carbons (Fsp3) is 0.400. The van der Waals surface area contributed by atoms with Crippen molar-refractivity contribution in [3.8, 4) is 5.75 Å². The van der Waals surface area contributed by atoms with Gasteiger partial charge in [0.15, 0.2) is 11.6 Å². The predicted octanol–water partition coefficient (Wildman–Crippen LogP) is 1.22. The Hall–Kier alpha value is -1.30. The Kier molecular flexibility index (Phi) is 4.12. The molecule has 6 heteroatoms. The van der Waals surface area contributed by atoms with Gasteiger partial charge in [0.25, 0.3) is 0 Å². The molecule has 0 saturated carbocycles. The van der Waals surface area contributed by atoms with E-state index in [1.165, 1.54) is 12.1 Å². The van der Waals surface area contributed by atoms with Crippen molar-refractivity contribution in [2.75, 3.05) is 24.3 Å². The first-order valence-corrected chi connectivity index (χ1v) is 6.80. The van der Waals surface area contributed by atoms with Crippen LogP contribution in [0.2, 0.25) is 0 Å². The highest BCUT2D eigenvalue weighted by Crippen LogP contribution is 2.19. The zero-order chi connectivity index (χ0) is 12.2. The van der Waals surface area contributed by atoms with Crippen LogP contribution in [0.1, 0.15) is 6.42 Å². The first-order valence-electron chi connectivity index (χ1n) is 4.74. The summed E-state index contributed by atoms with van der Waals surface area (Å²) in [6.07, 6.45) is 1.49. The average molecular weight is 247 g/mol. The molecule has 1 rings (SSSR count). The van der Waals surface area contributed by atoms with Gasteiger partial charge in [0.2, 0.25) is 0 Å². The fourth-order valence-corrected chi connectivity index (χ4v) is 1.78. The van der Waals surface area contributed by atoms with Crippen LogP contribution in [0.25, 0.3) is 0 Å². The predicted molar refractivity (Wildman–Crippen MR) is 60.6 cm³/mol. The summed E-state index contributed by atoms with van der Waals surface area (Å²) in [6, 6.07) is 4.10. The normalized spacial score (nSPS) is 11.4. The van der Waals surface area contributed by atoms with Gasteiger partial charge in [0, 0.05) is 18.0 Å². The van der Waals surface area contributed by atoms with Gasteiger partial charge < -0.3 is 10.5 Å². The molecule has 0 saturated heterocycles. The second-order valence-electron chi connectivity index (χ2n) is 3.52. The number of hydrogen-bond donors (Lipinski definition) is 1. The molecule has 0 spiro atoms. The third kappa shape index (κ3) is 4.48. The van der Waals surface area contributed by atoms with Crippen LogP contribution in [0.3, 0.4) is 0 Å². The molecule has 0 aliphatic carbocycles. The summed E-state index contributed by atoms with van der Waals surface area (Å²) in [7, 11) is -2.99. The largest absolute Gasteiger partial charge is 0.490 e. The van der Waals surface area contributed by atoms with Crippen molar-refractivity contribution in [1.82, 2.24) is 0 Å². The Morgan fingerprint density at radius 1 is 1.44 bits per heavy atom. The van der Waals surface area contributed by atoms with Crippen molar-refractivity contribution >= 4 is 15.5 Å². The number of hydrogen-bond acceptors (Lipinski definition) is 4. The minimum Gasteiger partial charge on any atom is -0.490 e. The number of benzene rings is 1. The van der Waals surface area contributed by atoms with Gasteiger partial charge in [-0.3, -0.25) is 0 Å². The van der Waals surface area contributed by atoms with Crippen LogP contribution >= 0.6 is 0 Å². The van der Waals surface area contributed by atoms with Crippen LogP contribution < -0.4 is 10.5 Å². The SMILES string of the molecule is CS(=O)(=O)CCCOc1ccc(N)cc1F. The Labute approximate surface area is 94.1 Å². The van der Waals surface area contributed by atoms with Crippen molar-refractivity contribution in [2.45, 2.75) is 6.42 Å². The van der Waals surface area contributed by atoms with Crippen LogP contribution in [0.15, 0.2) is 18.2 Å². The quantitative estimate of drug-likeness (QED) is 0.627. The van der Waals surface area contributed by atoms with E-state index in [9.17, 15) is 12.8 Å². The molecule has 0 amide bonds. The molecule has 0 radical (unpaired) electrons. The molecule has 0 fully saturated rings. The lowest BCUT2D eigenvalue weighted by Gasteiger charge is -2.06. The Balaban J connectivity index is 2.43. The molecule has 1 aromatic rings. The number of nitrogens with two attached hydrogens (primary N) is 1. The molecule has 0 aromatic heterocycles. The van der Waals surface area contributed by atoms with Crippen LogP contribution in [0, 0.1) is 5.82 Å². The fourth-order valence-electron chi connectivity index (χ4n) is 1.14. The number of sulfone groups is 1. The van der Waals surface area contributed by atoms with Gasteiger partial charge in [-0.2, -0.15) is 0 Å². The van der Waals surface area contributed by atoms with E-state index < -0.39 is 15.7 Å². The third-order valence-electron chi connectivity index (χ3n) is 1.87. The first kappa shape index (κ1) is 12.8. The van der Waals surface area contributed by atoms with E-state index in [1.54, 1.807) is 0 Å². The molecule has 0 atom stereocenters. The van der Waals surface area contributed by atoms with Crippen LogP contribution in [0.5, 0.6) is 5.75 Å². The minimum absolute atomic E-state index is 0.0313. The van der Waals surface area contributed by atoms with Gasteiger partial charge in [-0.1, -0.05) is 0 Å². The highest BCUT2D eigenvalue weighted by Gasteiger charge is 2.05. The highest BCUT2D eigenvalue weighted by atomic mass is 32.2. The van der Waals surface area contributed by atoms with Gasteiger partial charge in [-0.15, -0.1) is 0 Å². The van der Waals surface area contributed by atoms with Gasteiger partial charge in [0.05, 0.1) is 12.4 Å². The number of halogens is 1. The van der Waals surface area contributed by atoms with Gasteiger partial charge >= 0.3 is 0 Å². The van der Waals surface area contributed by atoms with Crippen LogP contribution in [-0.4, -0.2) is 27.0 Å². The van der Waals surface area contributed by atoms with E-state index >= 15 is 0 Å². The van der Waals surface area contributed by atoms with E-state index in [1.807, 2.05) is 0 Å². The zero-order valence-corrected chi connectivity index (χ0v) is 9.76. The van der Waals surface area contributed by atoms with E-state index in [0.29, 0.717) is 12.1 Å². The van der Waals surface area contributed by atoms with Crippen LogP contribution in [0.4, 0.5) is 10.1 Å². The van der Waals surface area contributed by atoms with Crippen molar-refractivity contribution in [3.05, 3.63) is 24.0 Å². The second kappa shape index (κ2) is 5.16. The number of rotatable bonds is 5. The lowest BCUT2D eigenvalue weighted by Crippen LogP contribution is -2.08. The molecule has 90 valence electrons. The van der Waals surface area contributed by atoms with Crippen molar-refractivity contribution in [1.29, 1.82) is 0 Å². The van der Waals surface area contributed by atoms with E-state index in [2.05, 4.69) is 0 Å². The topological polar surface area (TPSA) is 69.4 Å². The third-order valence-corrected chi connectivity index (χ3v) is 2.90. The maximum atomic E-state index is 13.2. The van der Waals surface area contributed by atoms with Crippen LogP contribution in [-0.2, 0) is 9.84 Å². The molecular formula is C10H14FNO3S. The van der Waals surface area contributed by atoms with E-state index in [0.717, 1.165) is 12.3 Å². The van der Waals surface area contributed by atoms with E-state index in [4.69, 9.17) is 10.5 Å². The Morgan fingerprint density at radius 2 is 2.12 bits per heavy atom. The number of anilines is 1. The summed E-state index contributed by atoms with van der Waals surface area (Å²) in [6.45, 7) is 0.161. The molecule has 0 aliphatic heterocycles. The summed E-state index contributed by atoms with van der Waals surface area (Å²) >= 11 is 0. The second-order valence-corrected chi connectivity index (χ2v) is 5.78. The first-order chi connectivity index (χ1) is 7.38. The summed E-state index contributed by atoms with van der Waals surface area (Å²) in [4.78, 5) is 0. The number of nitrogen functional groups attached to an aromatic ring is 1. The molecule has 0 unspecified atom stereocenters. The van der Waals surface area contributed by atoms with Crippen molar-refractivity contribution < 1.29 is 17.5 Å². The van der Waals surface area contributed by atoms with Gasteiger partial charge in [0.1, 0.15) is 9.84 Å². The highest BCUT2D eigenvalue weighted by molar-refractivity contribution is 7.90. The van der Waals surface area contributed by atoms with Crippen molar-refractivity contribution in [2.24, 2.45) is 0 Å². The molecule has 1 aromatic carbocycles. The molecular weight excluding hydrogens is 233 g/mol. The van der Waals surface area contributed by atoms with Crippen molar-refractivity contribution in [3.63, 3.8) is 0 Å². The summed E-state index contributed by atoms with van der Waals surface area (Å²) in [5, 5.41) is 0. The minimum atomic E-state index is -2.99. The molecule has 4 nitrogen and oxygen atoms in total. The van der Waals surface area contributed by atoms with E-state index in [-0.39, 0.29) is 18.1 Å². The Bertz CT molecular complexity index is 459. The van der Waals surface area contributed by atoms with Gasteiger partial charge in [-0.05, 0) is 18.6 Å².